The minimum Gasteiger partial charge on any atom is -0.870 e. The predicted molar refractivity (Wildman–Crippen MR) is 29.3 cm³/mol. The third-order valence-corrected chi connectivity index (χ3v) is 0. The molecule has 0 heterocycles. The Bertz CT molecular complexity index is 161. The molecule has 0 fully saturated rings. The molecule has 0 aromatic rings. The molecule has 0 unspecified atom stereocenters. The molecule has 0 aliphatic carbocycles. The molecule has 67 valence electrons. The summed E-state index contributed by atoms with van der Waals surface area (Å²) in [6.07, 6.45) is -2.33. The molecule has 0 rings (SSSR count). The second-order valence-electron chi connectivity index (χ2n) is 0.658. The van der Waals surface area contributed by atoms with E-state index in [1.807, 2.05) is 0 Å². The van der Waals surface area contributed by atoms with Crippen LogP contribution in [0.4, 0.5) is 4.79 Å². The summed E-state index contributed by atoms with van der Waals surface area (Å²) in [7, 11) is -5.17. The Balaban J connectivity index is -0.0000000221. The van der Waals surface area contributed by atoms with Crippen molar-refractivity contribution in [3.8, 4) is 0 Å². The van der Waals surface area contributed by atoms with Crippen molar-refractivity contribution in [1.82, 2.24) is 0 Å². The Labute approximate surface area is 94.8 Å². The Morgan fingerprint density at radius 2 is 1.08 bits per heavy atom. The van der Waals surface area contributed by atoms with Gasteiger partial charge < -0.3 is 29.6 Å². The zero-order valence-electron chi connectivity index (χ0n) is 5.50. The van der Waals surface area contributed by atoms with E-state index in [9.17, 15) is 0 Å². The van der Waals surface area contributed by atoms with Gasteiger partial charge in [0, 0.05) is 27.8 Å². The van der Waals surface area contributed by atoms with E-state index in [2.05, 4.69) is 0 Å². The Hall–Kier alpha value is 0.399. The van der Waals surface area contributed by atoms with E-state index in [1.54, 1.807) is 0 Å². The number of hydrogen-bond donors (Lipinski definition) is 0. The number of hydrogen-bond acceptors (Lipinski definition) is 8. The van der Waals surface area contributed by atoms with Gasteiger partial charge in [-0.05, 0) is 6.16 Å². The molecule has 12 heavy (non-hydrogen) atoms. The topological polar surface area (TPSA) is 173 Å². The number of carboxylic acid groups (broad SMARTS) is 2. The molecule has 0 atom stereocenters. The maximum Gasteiger partial charge on any atom is 2.00 e. The second-order valence-corrected chi connectivity index (χ2v) is 1.47. The van der Waals surface area contributed by atoms with Crippen LogP contribution < -0.4 is 10.2 Å². The monoisotopic (exact) mass is 224 g/mol. The SMILES string of the molecule is O=C([O-])[O-].O=S(=O)([O-])[O-].[Al].[Mg+2].[OH-]. The fourth-order valence-corrected chi connectivity index (χ4v) is 0. The van der Waals surface area contributed by atoms with Gasteiger partial charge in [-0.15, -0.1) is 0 Å². The maximum atomic E-state index is 8.52. The number of rotatable bonds is 0. The largest absolute Gasteiger partial charge is 2.00 e. The molecule has 0 aromatic carbocycles. The summed E-state index contributed by atoms with van der Waals surface area (Å²) >= 11 is 0. The van der Waals surface area contributed by atoms with Crippen LogP contribution in [-0.4, -0.2) is 69.6 Å². The van der Waals surface area contributed by atoms with Crippen LogP contribution in [0.15, 0.2) is 0 Å². The van der Waals surface area contributed by atoms with Gasteiger partial charge in [0.1, 0.15) is 0 Å². The van der Waals surface area contributed by atoms with E-state index in [-0.39, 0.29) is 45.9 Å². The quantitative estimate of drug-likeness (QED) is 0.224. The summed E-state index contributed by atoms with van der Waals surface area (Å²) < 4.78 is 34.1. The van der Waals surface area contributed by atoms with Crippen LogP contribution in [0.3, 0.4) is 0 Å². The minimum absolute atomic E-state index is 0. The van der Waals surface area contributed by atoms with Crippen molar-refractivity contribution in [1.29, 1.82) is 0 Å². The second kappa shape index (κ2) is 14.0. The molecule has 3 radical (unpaired) electrons. The normalized spacial score (nSPS) is 6.83. The van der Waals surface area contributed by atoms with Crippen LogP contribution in [0.5, 0.6) is 0 Å². The van der Waals surface area contributed by atoms with Crippen LogP contribution in [-0.2, 0) is 10.4 Å². The van der Waals surface area contributed by atoms with Crippen LogP contribution >= 0.6 is 0 Å². The molecule has 0 aromatic heterocycles. The molecule has 0 spiro atoms. The Morgan fingerprint density at radius 1 is 1.08 bits per heavy atom. The van der Waals surface area contributed by atoms with Gasteiger partial charge in [0.15, 0.2) is 0 Å². The summed E-state index contributed by atoms with van der Waals surface area (Å²) in [4.78, 5) is 8.33. The number of carbonyl (C=O) groups excluding carboxylic acids is 1. The molecule has 0 aliphatic rings. The zero-order valence-corrected chi connectivity index (χ0v) is 8.88. The predicted octanol–water partition coefficient (Wildman–Crippen LogP) is -4.72. The van der Waals surface area contributed by atoms with Crippen molar-refractivity contribution >= 4 is 57.0 Å². The van der Waals surface area contributed by atoms with E-state index in [0.717, 1.165) is 0 Å². The summed E-state index contributed by atoms with van der Waals surface area (Å²) in [5.74, 6) is 0. The first-order valence-electron chi connectivity index (χ1n) is 1.28. The molecule has 0 amide bonds. The van der Waals surface area contributed by atoms with Crippen LogP contribution in [0.1, 0.15) is 0 Å². The molecule has 0 aliphatic heterocycles. The van der Waals surface area contributed by atoms with E-state index in [0.29, 0.717) is 0 Å². The standard InChI is InChI=1S/CH2O3.Al.Mg.H2O4S.H2O/c2-1(3)4;;;1-5(2,3)4;/h(H2,2,3,4);;;(H2,1,2,3,4);1H2/q;;+2;;/p-5. The molecule has 11 heteroatoms. The first-order chi connectivity index (χ1) is 3.73. The average molecular weight is 224 g/mol. The van der Waals surface area contributed by atoms with E-state index in [4.69, 9.17) is 32.5 Å². The molecular formula is CHAlMgO8S-3. The third kappa shape index (κ3) is 5780. The molecule has 0 bridgehead atoms. The van der Waals surface area contributed by atoms with Gasteiger partial charge >= 0.3 is 23.1 Å². The van der Waals surface area contributed by atoms with E-state index < -0.39 is 16.6 Å². The van der Waals surface area contributed by atoms with Gasteiger partial charge in [0.05, 0.1) is 0 Å². The first kappa shape index (κ1) is 29.4. The van der Waals surface area contributed by atoms with Gasteiger partial charge in [0.2, 0.25) is 0 Å². The van der Waals surface area contributed by atoms with Crippen molar-refractivity contribution in [3.05, 3.63) is 0 Å². The number of carbonyl (C=O) groups is 1. The van der Waals surface area contributed by atoms with Gasteiger partial charge in [-0.25, -0.2) is 0 Å². The average Bonchev–Trinajstić information content (AvgIpc) is 1.19. The van der Waals surface area contributed by atoms with Crippen molar-refractivity contribution < 1.29 is 38.0 Å². The molecular weight excluding hydrogens is 223 g/mol. The summed E-state index contributed by atoms with van der Waals surface area (Å²) in [6.45, 7) is 0. The maximum absolute atomic E-state index is 8.52. The van der Waals surface area contributed by atoms with Gasteiger partial charge in [0.25, 0.3) is 0 Å². The molecule has 1 N–H and O–H groups in total. The van der Waals surface area contributed by atoms with Gasteiger partial charge in [-0.1, -0.05) is 0 Å². The smallest absolute Gasteiger partial charge is 0.870 e. The zero-order chi connectivity index (χ0) is 8.08. The fraction of sp³-hybridized carbons (Fsp3) is 0. The molecule has 8 nitrogen and oxygen atoms in total. The van der Waals surface area contributed by atoms with Crippen molar-refractivity contribution in [3.63, 3.8) is 0 Å². The molecule has 0 saturated heterocycles. The van der Waals surface area contributed by atoms with Crippen LogP contribution in [0.25, 0.3) is 0 Å². The minimum atomic E-state index is -5.17. The van der Waals surface area contributed by atoms with Crippen molar-refractivity contribution in [2.75, 3.05) is 0 Å². The Morgan fingerprint density at radius 3 is 1.08 bits per heavy atom. The van der Waals surface area contributed by atoms with E-state index in [1.165, 1.54) is 0 Å². The van der Waals surface area contributed by atoms with Crippen molar-refractivity contribution in [2.24, 2.45) is 0 Å². The first-order valence-corrected chi connectivity index (χ1v) is 2.61. The van der Waals surface area contributed by atoms with Crippen LogP contribution in [0, 0.1) is 0 Å². The fourth-order valence-electron chi connectivity index (χ4n) is 0. The third-order valence-electron chi connectivity index (χ3n) is 0. The summed E-state index contributed by atoms with van der Waals surface area (Å²) in [5, 5.41) is 16.7. The van der Waals surface area contributed by atoms with E-state index >= 15 is 0 Å². The Kier molecular flexibility index (Phi) is 34.2. The summed E-state index contributed by atoms with van der Waals surface area (Å²) in [6, 6.07) is 0. The van der Waals surface area contributed by atoms with Gasteiger partial charge in [-0.3, -0.25) is 8.42 Å². The van der Waals surface area contributed by atoms with Gasteiger partial charge in [-0.2, -0.15) is 0 Å². The van der Waals surface area contributed by atoms with Crippen LogP contribution in [0.2, 0.25) is 0 Å². The van der Waals surface area contributed by atoms with Crippen molar-refractivity contribution in [2.45, 2.75) is 0 Å². The summed E-state index contributed by atoms with van der Waals surface area (Å²) in [5.41, 5.74) is 0. The molecule has 0 saturated carbocycles.